The largest absolute Gasteiger partial charge is 0.353 e. The second-order valence-corrected chi connectivity index (χ2v) is 4.98. The normalized spacial score (nSPS) is 11.4. The highest BCUT2D eigenvalue weighted by atomic mass is 79.9. The van der Waals surface area contributed by atoms with Gasteiger partial charge in [-0.1, -0.05) is 22.9 Å². The first-order valence-corrected chi connectivity index (χ1v) is 6.31. The number of rotatable bonds is 1. The number of aryl methyl sites for hydroxylation is 1. The fourth-order valence-electron chi connectivity index (χ4n) is 2.22. The van der Waals surface area contributed by atoms with E-state index in [2.05, 4.69) is 25.9 Å². The molecule has 3 rings (SSSR count). The summed E-state index contributed by atoms with van der Waals surface area (Å²) >= 11 is 3.46. The Bertz CT molecular complexity index is 770. The van der Waals surface area contributed by atoms with Gasteiger partial charge in [-0.15, -0.1) is 0 Å². The van der Waals surface area contributed by atoms with Gasteiger partial charge in [0.1, 0.15) is 0 Å². The van der Waals surface area contributed by atoms with Crippen molar-refractivity contribution in [3.05, 3.63) is 44.8 Å². The van der Waals surface area contributed by atoms with Crippen molar-refractivity contribution in [1.82, 2.24) is 9.97 Å². The van der Waals surface area contributed by atoms with Crippen LogP contribution in [-0.4, -0.2) is 9.97 Å². The van der Waals surface area contributed by atoms with Crippen LogP contribution in [0.1, 0.15) is 12.6 Å². The molecule has 3 aromatic rings. The number of hydrogen-bond donors (Lipinski definition) is 2. The number of benzene rings is 1. The van der Waals surface area contributed by atoms with Crippen LogP contribution in [0.15, 0.2) is 33.5 Å². The minimum atomic E-state index is -0.0461. The molecule has 2 aromatic heterocycles. The first-order chi connectivity index (χ1) is 8.19. The average Bonchev–Trinajstić information content (AvgIpc) is 2.66. The molecule has 0 radical (unpaired) electrons. The Morgan fingerprint density at radius 2 is 2.00 bits per heavy atom. The van der Waals surface area contributed by atoms with E-state index in [1.165, 1.54) is 0 Å². The fraction of sp³-hybridized carbons (Fsp3) is 0.154. The van der Waals surface area contributed by atoms with Crippen molar-refractivity contribution in [2.75, 3.05) is 0 Å². The first-order valence-electron chi connectivity index (χ1n) is 5.52. The third-order valence-electron chi connectivity index (χ3n) is 3.01. The highest BCUT2D eigenvalue weighted by Gasteiger charge is 2.09. The zero-order valence-corrected chi connectivity index (χ0v) is 10.9. The molecular formula is C13H11BrN2O. The van der Waals surface area contributed by atoms with E-state index in [0.29, 0.717) is 0 Å². The van der Waals surface area contributed by atoms with E-state index in [-0.39, 0.29) is 5.56 Å². The molecule has 0 saturated heterocycles. The SMILES string of the molecule is CCc1[nH]c(=O)cc2c1[nH]c1ccc(Br)cc12. The van der Waals surface area contributed by atoms with Gasteiger partial charge in [0.2, 0.25) is 5.56 Å². The van der Waals surface area contributed by atoms with Crippen molar-refractivity contribution in [2.24, 2.45) is 0 Å². The van der Waals surface area contributed by atoms with Crippen LogP contribution in [0.3, 0.4) is 0 Å². The molecule has 3 nitrogen and oxygen atoms in total. The molecule has 0 aliphatic carbocycles. The maximum Gasteiger partial charge on any atom is 0.248 e. The van der Waals surface area contributed by atoms with Crippen LogP contribution in [0.2, 0.25) is 0 Å². The summed E-state index contributed by atoms with van der Waals surface area (Å²) in [6.45, 7) is 2.03. The number of aromatic amines is 2. The van der Waals surface area contributed by atoms with E-state index in [4.69, 9.17) is 0 Å². The zero-order chi connectivity index (χ0) is 12.0. The number of H-pyrrole nitrogens is 2. The standard InChI is InChI=1S/C13H11BrN2O/c1-2-10-13-9(6-12(17)15-10)8-5-7(14)3-4-11(8)16-13/h3-6,16H,2H2,1H3,(H,15,17). The number of fused-ring (bicyclic) bond motifs is 3. The van der Waals surface area contributed by atoms with Crippen molar-refractivity contribution < 1.29 is 0 Å². The fourth-order valence-corrected chi connectivity index (χ4v) is 2.58. The van der Waals surface area contributed by atoms with Crippen molar-refractivity contribution in [1.29, 1.82) is 0 Å². The summed E-state index contributed by atoms with van der Waals surface area (Å²) in [6.07, 6.45) is 0.806. The van der Waals surface area contributed by atoms with Gasteiger partial charge in [0.15, 0.2) is 0 Å². The summed E-state index contributed by atoms with van der Waals surface area (Å²) in [6, 6.07) is 7.70. The number of nitrogens with one attached hydrogen (secondary N) is 2. The Morgan fingerprint density at radius 1 is 1.18 bits per heavy atom. The number of halogens is 1. The molecule has 2 heterocycles. The molecular weight excluding hydrogens is 280 g/mol. The predicted molar refractivity (Wildman–Crippen MR) is 73.5 cm³/mol. The molecule has 2 N–H and O–H groups in total. The third-order valence-corrected chi connectivity index (χ3v) is 3.50. The summed E-state index contributed by atoms with van der Waals surface area (Å²) in [5, 5.41) is 2.07. The van der Waals surface area contributed by atoms with Gasteiger partial charge in [-0.25, -0.2) is 0 Å². The van der Waals surface area contributed by atoms with E-state index >= 15 is 0 Å². The Hall–Kier alpha value is -1.55. The molecule has 0 unspecified atom stereocenters. The number of hydrogen-bond acceptors (Lipinski definition) is 1. The average molecular weight is 291 g/mol. The lowest BCUT2D eigenvalue weighted by Crippen LogP contribution is -2.06. The molecule has 86 valence electrons. The second-order valence-electron chi connectivity index (χ2n) is 4.07. The van der Waals surface area contributed by atoms with Crippen molar-refractivity contribution in [2.45, 2.75) is 13.3 Å². The predicted octanol–water partition coefficient (Wildman–Crippen LogP) is 3.33. The van der Waals surface area contributed by atoms with Gasteiger partial charge in [-0.2, -0.15) is 0 Å². The molecule has 0 aliphatic heterocycles. The van der Waals surface area contributed by atoms with Crippen LogP contribution in [-0.2, 0) is 6.42 Å². The van der Waals surface area contributed by atoms with Gasteiger partial charge < -0.3 is 9.97 Å². The molecule has 17 heavy (non-hydrogen) atoms. The van der Waals surface area contributed by atoms with Crippen LogP contribution in [0.25, 0.3) is 21.8 Å². The Kier molecular flexibility index (Phi) is 2.33. The molecule has 0 amide bonds. The van der Waals surface area contributed by atoms with E-state index in [9.17, 15) is 4.79 Å². The lowest BCUT2D eigenvalue weighted by molar-refractivity contribution is 1.03. The highest BCUT2D eigenvalue weighted by Crippen LogP contribution is 2.28. The Balaban J connectivity index is 2.56. The quantitative estimate of drug-likeness (QED) is 0.710. The van der Waals surface area contributed by atoms with Crippen molar-refractivity contribution >= 4 is 37.7 Å². The lowest BCUT2D eigenvalue weighted by atomic mass is 10.1. The van der Waals surface area contributed by atoms with Gasteiger partial charge in [0, 0.05) is 32.5 Å². The third kappa shape index (κ3) is 1.60. The van der Waals surface area contributed by atoms with Gasteiger partial charge in [-0.05, 0) is 24.6 Å². The Labute approximate surface area is 106 Å². The summed E-state index contributed by atoms with van der Waals surface area (Å²) in [5.41, 5.74) is 2.99. The molecule has 0 atom stereocenters. The summed E-state index contributed by atoms with van der Waals surface area (Å²) < 4.78 is 1.02. The molecule has 0 fully saturated rings. The minimum Gasteiger partial charge on any atom is -0.353 e. The lowest BCUT2D eigenvalue weighted by Gasteiger charge is -1.98. The van der Waals surface area contributed by atoms with Gasteiger partial charge in [0.25, 0.3) is 0 Å². The van der Waals surface area contributed by atoms with Crippen LogP contribution in [0.5, 0.6) is 0 Å². The second kappa shape index (κ2) is 3.74. The zero-order valence-electron chi connectivity index (χ0n) is 9.30. The molecule has 0 aliphatic rings. The van der Waals surface area contributed by atoms with Gasteiger partial charge >= 0.3 is 0 Å². The van der Waals surface area contributed by atoms with Crippen LogP contribution >= 0.6 is 15.9 Å². The molecule has 0 bridgehead atoms. The van der Waals surface area contributed by atoms with E-state index in [1.54, 1.807) is 6.07 Å². The summed E-state index contributed by atoms with van der Waals surface area (Å²) in [5.74, 6) is 0. The molecule has 4 heteroatoms. The van der Waals surface area contributed by atoms with Gasteiger partial charge in [0.05, 0.1) is 5.52 Å². The number of aromatic nitrogens is 2. The van der Waals surface area contributed by atoms with Crippen molar-refractivity contribution in [3.63, 3.8) is 0 Å². The van der Waals surface area contributed by atoms with Crippen LogP contribution in [0.4, 0.5) is 0 Å². The van der Waals surface area contributed by atoms with Crippen LogP contribution < -0.4 is 5.56 Å². The monoisotopic (exact) mass is 290 g/mol. The first kappa shape index (κ1) is 10.6. The maximum atomic E-state index is 11.6. The van der Waals surface area contributed by atoms with E-state index in [0.717, 1.165) is 38.4 Å². The van der Waals surface area contributed by atoms with Crippen LogP contribution in [0, 0.1) is 0 Å². The minimum absolute atomic E-state index is 0.0461. The summed E-state index contributed by atoms with van der Waals surface area (Å²) in [7, 11) is 0. The van der Waals surface area contributed by atoms with E-state index in [1.807, 2.05) is 25.1 Å². The Morgan fingerprint density at radius 3 is 2.76 bits per heavy atom. The van der Waals surface area contributed by atoms with Gasteiger partial charge in [-0.3, -0.25) is 4.79 Å². The summed E-state index contributed by atoms with van der Waals surface area (Å²) in [4.78, 5) is 17.8. The topological polar surface area (TPSA) is 48.6 Å². The van der Waals surface area contributed by atoms with E-state index < -0.39 is 0 Å². The maximum absolute atomic E-state index is 11.6. The molecule has 0 saturated carbocycles. The molecule has 0 spiro atoms. The molecule has 1 aromatic carbocycles. The number of pyridine rings is 1. The smallest absolute Gasteiger partial charge is 0.248 e. The van der Waals surface area contributed by atoms with Crippen molar-refractivity contribution in [3.8, 4) is 0 Å². The highest BCUT2D eigenvalue weighted by molar-refractivity contribution is 9.10.